The van der Waals surface area contributed by atoms with Crippen LogP contribution in [0.25, 0.3) is 0 Å². The molecule has 1 amide bonds. The number of aryl methyl sites for hydroxylation is 2. The highest BCUT2D eigenvalue weighted by molar-refractivity contribution is 7.99. The standard InChI is InChI=1S/C37H39N5O6S2/c1-25-8-18-32(19-9-25)50(45,46)41-33(20-26-6-4-3-5-7-26)35(44)39-30-16-14-29(15-17-30)36-47-31(23-49-37-40-38-24-42(37)2)21-34(48-36)28-12-10-27(22-43)11-13-28/h3-19,24,31,33-34,36,41,43H,20-23H2,1-2H3,(H,39,44)/t31-,33-,34+,36+/m1/s1. The molecule has 11 nitrogen and oxygen atoms in total. The second-order valence-corrected chi connectivity index (χ2v) is 14.9. The van der Waals surface area contributed by atoms with E-state index in [-0.39, 0.29) is 30.1 Å². The molecule has 0 bridgehead atoms. The Hall–Kier alpha value is -4.37. The highest BCUT2D eigenvalue weighted by atomic mass is 32.2. The summed E-state index contributed by atoms with van der Waals surface area (Å²) in [7, 11) is -2.09. The molecular weight excluding hydrogens is 675 g/mol. The number of ether oxygens (including phenoxy) is 2. The van der Waals surface area contributed by atoms with E-state index in [2.05, 4.69) is 20.2 Å². The molecule has 1 aromatic heterocycles. The molecule has 260 valence electrons. The van der Waals surface area contributed by atoms with Crippen LogP contribution in [0.5, 0.6) is 0 Å². The van der Waals surface area contributed by atoms with Gasteiger partial charge in [0.25, 0.3) is 0 Å². The molecule has 3 N–H and O–H groups in total. The summed E-state index contributed by atoms with van der Waals surface area (Å²) < 4.78 is 44.0. The molecule has 50 heavy (non-hydrogen) atoms. The van der Waals surface area contributed by atoms with E-state index in [0.29, 0.717) is 17.9 Å². The van der Waals surface area contributed by atoms with E-state index in [9.17, 15) is 18.3 Å². The van der Waals surface area contributed by atoms with Gasteiger partial charge in [-0.3, -0.25) is 4.79 Å². The van der Waals surface area contributed by atoms with Gasteiger partial charge in [0.1, 0.15) is 12.4 Å². The van der Waals surface area contributed by atoms with E-state index in [1.807, 2.05) is 85.3 Å². The normalized spacial score (nSPS) is 18.4. The predicted octanol–water partition coefficient (Wildman–Crippen LogP) is 5.48. The highest BCUT2D eigenvalue weighted by Gasteiger charge is 2.33. The molecule has 5 aromatic rings. The van der Waals surface area contributed by atoms with Gasteiger partial charge in [-0.25, -0.2) is 8.42 Å². The van der Waals surface area contributed by atoms with Crippen molar-refractivity contribution in [3.8, 4) is 0 Å². The number of nitrogens with zero attached hydrogens (tertiary/aromatic N) is 3. The minimum absolute atomic E-state index is 0.0387. The monoisotopic (exact) mass is 713 g/mol. The van der Waals surface area contributed by atoms with E-state index in [1.165, 1.54) is 12.1 Å². The molecule has 0 spiro atoms. The summed E-state index contributed by atoms with van der Waals surface area (Å²) in [6.45, 7) is 1.84. The molecule has 0 aliphatic carbocycles. The Labute approximate surface area is 296 Å². The van der Waals surface area contributed by atoms with Crippen molar-refractivity contribution in [1.29, 1.82) is 0 Å². The van der Waals surface area contributed by atoms with Gasteiger partial charge < -0.3 is 24.5 Å². The summed E-state index contributed by atoms with van der Waals surface area (Å²) >= 11 is 1.56. The number of thioether (sulfide) groups is 1. The summed E-state index contributed by atoms with van der Waals surface area (Å²) in [5, 5.41) is 21.3. The molecule has 1 saturated heterocycles. The fourth-order valence-corrected chi connectivity index (χ4v) is 7.66. The lowest BCUT2D eigenvalue weighted by molar-refractivity contribution is -0.245. The summed E-state index contributed by atoms with van der Waals surface area (Å²) in [5.74, 6) is 0.141. The number of nitrogens with one attached hydrogen (secondary N) is 2. The van der Waals surface area contributed by atoms with Gasteiger partial charge in [-0.05, 0) is 54.3 Å². The number of anilines is 1. The van der Waals surface area contributed by atoms with E-state index < -0.39 is 28.3 Å². The minimum Gasteiger partial charge on any atom is -0.392 e. The quantitative estimate of drug-likeness (QED) is 0.135. The maximum atomic E-state index is 13.6. The zero-order valence-electron chi connectivity index (χ0n) is 27.7. The minimum atomic E-state index is -3.98. The summed E-state index contributed by atoms with van der Waals surface area (Å²) in [6.07, 6.45) is 1.32. The van der Waals surface area contributed by atoms with Crippen LogP contribution in [0, 0.1) is 6.92 Å². The molecule has 1 aliphatic rings. The number of rotatable bonds is 13. The van der Waals surface area contributed by atoms with Crippen molar-refractivity contribution >= 4 is 33.4 Å². The van der Waals surface area contributed by atoms with Gasteiger partial charge in [0.05, 0.1) is 23.7 Å². The lowest BCUT2D eigenvalue weighted by Gasteiger charge is -2.36. The first-order valence-corrected chi connectivity index (χ1v) is 18.6. The van der Waals surface area contributed by atoms with Crippen LogP contribution in [0.15, 0.2) is 120 Å². The topological polar surface area (TPSA) is 145 Å². The number of hydrogen-bond donors (Lipinski definition) is 3. The molecular formula is C37H39N5O6S2. The number of aliphatic hydroxyl groups is 1. The Morgan fingerprint density at radius 2 is 1.64 bits per heavy atom. The van der Waals surface area contributed by atoms with Gasteiger partial charge in [0.2, 0.25) is 15.9 Å². The Morgan fingerprint density at radius 3 is 2.30 bits per heavy atom. The third kappa shape index (κ3) is 9.04. The number of aromatic nitrogens is 3. The SMILES string of the molecule is Cc1ccc(S(=O)(=O)N[C@H](Cc2ccccc2)C(=O)Nc2ccc([C@H]3O[C@@H](CSc4nncn4C)C[C@@H](c4ccc(CO)cc4)O3)cc2)cc1. The van der Waals surface area contributed by atoms with Crippen LogP contribution in [0.1, 0.15) is 46.6 Å². The Kier molecular flexibility index (Phi) is 11.4. The number of aliphatic hydroxyl groups excluding tert-OH is 1. The molecule has 1 aliphatic heterocycles. The fourth-order valence-electron chi connectivity index (χ4n) is 5.56. The van der Waals surface area contributed by atoms with Gasteiger partial charge in [0.15, 0.2) is 11.4 Å². The van der Waals surface area contributed by atoms with Crippen LogP contribution >= 0.6 is 11.8 Å². The first-order chi connectivity index (χ1) is 24.2. The maximum absolute atomic E-state index is 13.6. The molecule has 0 radical (unpaired) electrons. The van der Waals surface area contributed by atoms with Crippen molar-refractivity contribution in [2.45, 2.75) is 61.0 Å². The Bertz CT molecular complexity index is 1970. The highest BCUT2D eigenvalue weighted by Crippen LogP contribution is 2.39. The molecule has 0 saturated carbocycles. The second kappa shape index (κ2) is 16.1. The van der Waals surface area contributed by atoms with E-state index in [4.69, 9.17) is 9.47 Å². The van der Waals surface area contributed by atoms with Crippen molar-refractivity contribution in [2.75, 3.05) is 11.1 Å². The second-order valence-electron chi connectivity index (χ2n) is 12.2. The van der Waals surface area contributed by atoms with Crippen molar-refractivity contribution in [3.63, 3.8) is 0 Å². The Morgan fingerprint density at radius 1 is 0.940 bits per heavy atom. The number of sulfonamides is 1. The molecule has 6 rings (SSSR count). The lowest BCUT2D eigenvalue weighted by Crippen LogP contribution is -2.45. The van der Waals surface area contributed by atoms with Crippen molar-refractivity contribution in [1.82, 2.24) is 19.5 Å². The summed E-state index contributed by atoms with van der Waals surface area (Å²) in [4.78, 5) is 13.7. The third-order valence-electron chi connectivity index (χ3n) is 8.36. The van der Waals surface area contributed by atoms with Gasteiger partial charge in [-0.15, -0.1) is 10.2 Å². The zero-order valence-corrected chi connectivity index (χ0v) is 29.3. The average Bonchev–Trinajstić information content (AvgIpc) is 3.55. The van der Waals surface area contributed by atoms with Gasteiger partial charge in [-0.2, -0.15) is 4.72 Å². The smallest absolute Gasteiger partial charge is 0.242 e. The molecule has 4 aromatic carbocycles. The molecule has 2 heterocycles. The van der Waals surface area contributed by atoms with E-state index in [0.717, 1.165) is 33.0 Å². The number of carbonyl (C=O) groups is 1. The van der Waals surface area contributed by atoms with Crippen LogP contribution in [0.2, 0.25) is 0 Å². The van der Waals surface area contributed by atoms with Crippen LogP contribution < -0.4 is 10.0 Å². The maximum Gasteiger partial charge on any atom is 0.242 e. The lowest BCUT2D eigenvalue weighted by atomic mass is 10.0. The van der Waals surface area contributed by atoms with Crippen LogP contribution in [-0.2, 0) is 44.4 Å². The summed E-state index contributed by atoms with van der Waals surface area (Å²) in [5.41, 5.74) is 4.79. The largest absolute Gasteiger partial charge is 0.392 e. The molecule has 13 heteroatoms. The van der Waals surface area contributed by atoms with Gasteiger partial charge in [0, 0.05) is 30.5 Å². The summed E-state index contributed by atoms with van der Waals surface area (Å²) in [6, 6.07) is 29.5. The first kappa shape index (κ1) is 35.5. The number of hydrogen-bond acceptors (Lipinski definition) is 9. The average molecular weight is 714 g/mol. The van der Waals surface area contributed by atoms with E-state index in [1.54, 1.807) is 42.4 Å². The van der Waals surface area contributed by atoms with Gasteiger partial charge >= 0.3 is 0 Å². The number of carbonyl (C=O) groups excluding carboxylic acids is 1. The molecule has 0 unspecified atom stereocenters. The van der Waals surface area contributed by atoms with Crippen LogP contribution in [-0.4, -0.2) is 52.1 Å². The molecule has 4 atom stereocenters. The first-order valence-electron chi connectivity index (χ1n) is 16.2. The van der Waals surface area contributed by atoms with Crippen molar-refractivity contribution < 1.29 is 27.8 Å². The fraction of sp³-hybridized carbons (Fsp3) is 0.270. The third-order valence-corrected chi connectivity index (χ3v) is 11.0. The predicted molar refractivity (Wildman–Crippen MR) is 191 cm³/mol. The van der Waals surface area contributed by atoms with Crippen LogP contribution in [0.3, 0.4) is 0 Å². The van der Waals surface area contributed by atoms with Crippen LogP contribution in [0.4, 0.5) is 5.69 Å². The van der Waals surface area contributed by atoms with Crippen molar-refractivity contribution in [2.24, 2.45) is 7.05 Å². The number of benzene rings is 4. The Balaban J connectivity index is 1.18. The van der Waals surface area contributed by atoms with E-state index >= 15 is 0 Å². The van der Waals surface area contributed by atoms with Gasteiger partial charge in [-0.1, -0.05) is 96.2 Å². The number of amides is 1. The molecule has 1 fully saturated rings. The van der Waals surface area contributed by atoms with Crippen molar-refractivity contribution in [3.05, 3.63) is 137 Å². The zero-order chi connectivity index (χ0) is 35.1.